The fraction of sp³-hybridized carbons (Fsp3) is 1.00. The van der Waals surface area contributed by atoms with Crippen LogP contribution in [0, 0.1) is 0 Å². The Kier molecular flexibility index (Phi) is 45.8. The summed E-state index contributed by atoms with van der Waals surface area (Å²) in [5.74, 6) is 5.04. The van der Waals surface area contributed by atoms with Gasteiger partial charge in [0.1, 0.15) is 0 Å². The summed E-state index contributed by atoms with van der Waals surface area (Å²) >= 11 is 3.45. The number of thioether (sulfide) groups is 2. The molecule has 86 valence electrons. The number of halogens is 2. The molecule has 0 aromatic carbocycles. The second-order valence-electron chi connectivity index (χ2n) is 1.61. The van der Waals surface area contributed by atoms with E-state index in [1.165, 1.54) is 23.0 Å². The third-order valence-corrected chi connectivity index (χ3v) is 2.45. The Morgan fingerprint density at radius 3 is 0.923 bits per heavy atom. The van der Waals surface area contributed by atoms with Crippen LogP contribution in [0.3, 0.4) is 0 Å². The van der Waals surface area contributed by atoms with E-state index in [-0.39, 0.29) is 0 Å². The Morgan fingerprint density at radius 2 is 0.923 bits per heavy atom. The van der Waals surface area contributed by atoms with Crippen LogP contribution >= 0.6 is 42.4 Å². The summed E-state index contributed by atoms with van der Waals surface area (Å²) in [7, 11) is 9.75. The van der Waals surface area contributed by atoms with Crippen molar-refractivity contribution in [3.8, 4) is 0 Å². The van der Waals surface area contributed by atoms with Crippen molar-refractivity contribution in [1.29, 1.82) is 0 Å². The second kappa shape index (κ2) is 29.2. The minimum absolute atomic E-state index is 0.472. The normalized spacial score (nSPS) is 8.15. The molecule has 0 aromatic heterocycles. The van der Waals surface area contributed by atoms with Gasteiger partial charge in [-0.3, -0.25) is 0 Å². The molecule has 0 aromatic rings. The molecule has 0 nitrogen and oxygen atoms in total. The maximum absolute atomic E-state index is 4.88. The summed E-state index contributed by atoms with van der Waals surface area (Å²) < 4.78 is 0. The van der Waals surface area contributed by atoms with Crippen molar-refractivity contribution in [3.05, 3.63) is 0 Å². The van der Waals surface area contributed by atoms with Gasteiger partial charge in [0.05, 0.1) is 0 Å². The fourth-order valence-corrected chi connectivity index (χ4v) is 1.22. The molecule has 0 unspecified atom stereocenters. The van der Waals surface area contributed by atoms with Gasteiger partial charge in [-0.1, -0.05) is 27.7 Å². The van der Waals surface area contributed by atoms with Gasteiger partial charge in [-0.15, -0.1) is 0 Å². The van der Waals surface area contributed by atoms with Gasteiger partial charge in [-0.05, 0) is 23.0 Å². The predicted molar refractivity (Wildman–Crippen MR) is 69.1 cm³/mol. The van der Waals surface area contributed by atoms with Crippen LogP contribution in [0.1, 0.15) is 27.7 Å². The first-order valence-electron chi connectivity index (χ1n) is 4.22. The van der Waals surface area contributed by atoms with Crippen molar-refractivity contribution < 1.29 is 16.5 Å². The van der Waals surface area contributed by atoms with Gasteiger partial charge >= 0.3 is 35.3 Å². The molecule has 0 N–H and O–H groups in total. The van der Waals surface area contributed by atoms with Crippen LogP contribution in [0.5, 0.6) is 0 Å². The van der Waals surface area contributed by atoms with E-state index in [4.69, 9.17) is 18.8 Å². The van der Waals surface area contributed by atoms with Crippen LogP contribution in [0.25, 0.3) is 0 Å². The Labute approximate surface area is 109 Å². The van der Waals surface area contributed by atoms with Crippen LogP contribution in [0.2, 0.25) is 0 Å². The van der Waals surface area contributed by atoms with Crippen molar-refractivity contribution in [2.24, 2.45) is 0 Å². The molecule has 0 atom stereocenters. The van der Waals surface area contributed by atoms with Gasteiger partial charge < -0.3 is 0 Å². The monoisotopic (exact) mass is 445 g/mol. The van der Waals surface area contributed by atoms with E-state index in [2.05, 4.69) is 27.7 Å². The molecule has 0 aliphatic heterocycles. The number of hydrogen-bond acceptors (Lipinski definition) is 2. The summed E-state index contributed by atoms with van der Waals surface area (Å²) in [6.45, 7) is 8.70. The standard InChI is InChI=1S/2C4H10S.2ClH.Pt/c2*1-3-5-4-2;;;/h2*3-4H2,1-2H3;2*1H;/q;;;;+4/p-2. The van der Waals surface area contributed by atoms with E-state index in [0.29, 0.717) is 0 Å². The summed E-state index contributed by atoms with van der Waals surface area (Å²) in [5.41, 5.74) is 0. The molecule has 0 rings (SSSR count). The molecule has 0 heterocycles. The van der Waals surface area contributed by atoms with Crippen molar-refractivity contribution in [2.75, 3.05) is 23.0 Å². The fourth-order valence-electron chi connectivity index (χ4n) is 0.408. The SMILES string of the molecule is CCSCC.CCSCC.[Cl][Pt+2][Cl]. The Bertz CT molecular complexity index is 49.4. The molecular formula is C8H20Cl2PtS2+2. The molecule has 0 spiro atoms. The zero-order valence-corrected chi connectivity index (χ0v) is 14.1. The first kappa shape index (κ1) is 20.4. The Hall–Kier alpha value is 1.97. The van der Waals surface area contributed by atoms with E-state index in [9.17, 15) is 0 Å². The molecule has 0 saturated carbocycles. The van der Waals surface area contributed by atoms with Crippen LogP contribution in [0.15, 0.2) is 0 Å². The molecular weight excluding hydrogens is 426 g/mol. The predicted octanol–water partition coefficient (Wildman–Crippen LogP) is 4.90. The average molecular weight is 446 g/mol. The zero-order valence-electron chi connectivity index (χ0n) is 8.72. The summed E-state index contributed by atoms with van der Waals surface area (Å²) in [5, 5.41) is 0. The number of hydrogen-bond donors (Lipinski definition) is 0. The first-order valence-corrected chi connectivity index (χ1v) is 12.2. The molecule has 0 aliphatic rings. The molecule has 0 fully saturated rings. The van der Waals surface area contributed by atoms with Crippen molar-refractivity contribution >= 4 is 42.4 Å². The zero-order chi connectivity index (χ0) is 10.9. The van der Waals surface area contributed by atoms with Gasteiger partial charge in [0.2, 0.25) is 0 Å². The van der Waals surface area contributed by atoms with E-state index in [1.807, 2.05) is 23.5 Å². The third-order valence-electron chi connectivity index (χ3n) is 0.816. The quantitative estimate of drug-likeness (QED) is 0.603. The van der Waals surface area contributed by atoms with Gasteiger partial charge in [-0.2, -0.15) is 23.5 Å². The van der Waals surface area contributed by atoms with Gasteiger partial charge in [0.25, 0.3) is 0 Å². The Balaban J connectivity index is -0.000000120. The van der Waals surface area contributed by atoms with Crippen LogP contribution < -0.4 is 0 Å². The summed E-state index contributed by atoms with van der Waals surface area (Å²) in [6.07, 6.45) is 0. The molecule has 0 radical (unpaired) electrons. The summed E-state index contributed by atoms with van der Waals surface area (Å²) in [6, 6.07) is 0. The van der Waals surface area contributed by atoms with E-state index < -0.39 is 16.5 Å². The van der Waals surface area contributed by atoms with Crippen molar-refractivity contribution in [3.63, 3.8) is 0 Å². The Morgan fingerprint density at radius 1 is 0.769 bits per heavy atom. The van der Waals surface area contributed by atoms with Gasteiger partial charge in [0.15, 0.2) is 0 Å². The van der Waals surface area contributed by atoms with Crippen LogP contribution in [-0.4, -0.2) is 23.0 Å². The molecule has 0 saturated heterocycles. The van der Waals surface area contributed by atoms with E-state index >= 15 is 0 Å². The van der Waals surface area contributed by atoms with Crippen LogP contribution in [-0.2, 0) is 16.5 Å². The summed E-state index contributed by atoms with van der Waals surface area (Å²) in [4.78, 5) is 0. The van der Waals surface area contributed by atoms with Gasteiger partial charge in [0, 0.05) is 0 Å². The molecule has 13 heavy (non-hydrogen) atoms. The van der Waals surface area contributed by atoms with Crippen molar-refractivity contribution in [2.45, 2.75) is 27.7 Å². The topological polar surface area (TPSA) is 0 Å². The molecule has 5 heteroatoms. The van der Waals surface area contributed by atoms with Crippen LogP contribution in [0.4, 0.5) is 0 Å². The van der Waals surface area contributed by atoms with E-state index in [0.717, 1.165) is 0 Å². The molecule has 0 amide bonds. The second-order valence-corrected chi connectivity index (χ2v) is 8.02. The van der Waals surface area contributed by atoms with Crippen molar-refractivity contribution in [1.82, 2.24) is 0 Å². The molecule has 0 bridgehead atoms. The average Bonchev–Trinajstić information content (AvgIpc) is 2.09. The maximum atomic E-state index is 4.88. The molecule has 0 aliphatic carbocycles. The first-order chi connectivity index (χ1) is 6.24. The minimum atomic E-state index is -0.472. The van der Waals surface area contributed by atoms with E-state index in [1.54, 1.807) is 0 Å². The number of rotatable bonds is 4. The van der Waals surface area contributed by atoms with Gasteiger partial charge in [-0.25, -0.2) is 0 Å². The third kappa shape index (κ3) is 56.2.